The Morgan fingerprint density at radius 1 is 1.11 bits per heavy atom. The molecular weight excluding hydrogens is 260 g/mol. The van der Waals surface area contributed by atoms with Crippen molar-refractivity contribution in [2.24, 2.45) is 5.92 Å². The number of hydrogen-bond acceptors (Lipinski definition) is 4. The normalized spacial score (nSPS) is 31.9. The van der Waals surface area contributed by atoms with Gasteiger partial charge in [-0.05, 0) is 46.0 Å². The minimum Gasteiger partial charge on any atom is -0.374 e. The third-order valence-corrected chi connectivity index (χ3v) is 7.29. The predicted octanol–water partition coefficient (Wildman–Crippen LogP) is 2.99. The maximum absolute atomic E-state index is 6.31. The van der Waals surface area contributed by atoms with Crippen molar-refractivity contribution in [2.75, 3.05) is 13.2 Å². The highest BCUT2D eigenvalue weighted by Gasteiger charge is 2.47. The van der Waals surface area contributed by atoms with Crippen molar-refractivity contribution < 1.29 is 18.0 Å². The van der Waals surface area contributed by atoms with E-state index in [9.17, 15) is 0 Å². The topological polar surface area (TPSA) is 40.2 Å². The fourth-order valence-electron chi connectivity index (χ4n) is 3.08. The van der Waals surface area contributed by atoms with Crippen LogP contribution in [0.2, 0.25) is 6.04 Å². The summed E-state index contributed by atoms with van der Waals surface area (Å²) < 4.78 is 23.7. The maximum atomic E-state index is 6.31. The number of ether oxygens (including phenoxy) is 1. The number of epoxide rings is 1. The Morgan fingerprint density at radius 2 is 1.79 bits per heavy atom. The van der Waals surface area contributed by atoms with Crippen LogP contribution in [-0.4, -0.2) is 40.3 Å². The molecule has 0 spiro atoms. The Morgan fingerprint density at radius 3 is 2.32 bits per heavy atom. The molecule has 0 N–H and O–H groups in total. The molecule has 0 aromatic carbocycles. The van der Waals surface area contributed by atoms with E-state index >= 15 is 0 Å². The number of rotatable bonds is 8. The first-order valence-electron chi connectivity index (χ1n) is 7.75. The number of fused-ring (bicyclic) bond motifs is 1. The van der Waals surface area contributed by atoms with Crippen LogP contribution in [0.1, 0.15) is 47.0 Å². The van der Waals surface area contributed by atoms with E-state index in [1.807, 2.05) is 13.8 Å². The van der Waals surface area contributed by atoms with Crippen LogP contribution in [0.3, 0.4) is 0 Å². The van der Waals surface area contributed by atoms with Crippen molar-refractivity contribution in [3.8, 4) is 0 Å². The summed E-state index contributed by atoms with van der Waals surface area (Å²) in [4.78, 5) is 0. The SMILES string of the molecule is CCO[Si](CC)(OCC)OC(C)C1CCC2OC2C1. The van der Waals surface area contributed by atoms with Crippen LogP contribution in [0.25, 0.3) is 0 Å². The second kappa shape index (κ2) is 6.67. The zero-order valence-electron chi connectivity index (χ0n) is 12.7. The zero-order chi connectivity index (χ0) is 13.9. The van der Waals surface area contributed by atoms with E-state index in [1.165, 1.54) is 12.8 Å². The Labute approximate surface area is 118 Å². The van der Waals surface area contributed by atoms with Gasteiger partial charge in [-0.15, -0.1) is 0 Å². The summed E-state index contributed by atoms with van der Waals surface area (Å²) in [6.45, 7) is 9.60. The Bertz CT molecular complexity index is 281. The van der Waals surface area contributed by atoms with E-state index in [1.54, 1.807) is 0 Å². The molecule has 1 saturated carbocycles. The van der Waals surface area contributed by atoms with E-state index < -0.39 is 8.80 Å². The van der Waals surface area contributed by atoms with Crippen molar-refractivity contribution in [1.29, 1.82) is 0 Å². The average Bonchev–Trinajstić information content (AvgIpc) is 3.17. The fraction of sp³-hybridized carbons (Fsp3) is 1.00. The second-order valence-corrected chi connectivity index (χ2v) is 8.40. The molecule has 2 fully saturated rings. The molecule has 5 heteroatoms. The molecular formula is C14H28O4Si. The van der Waals surface area contributed by atoms with Crippen molar-refractivity contribution in [2.45, 2.75) is 71.3 Å². The molecule has 1 aliphatic heterocycles. The van der Waals surface area contributed by atoms with Gasteiger partial charge in [-0.1, -0.05) is 6.92 Å². The monoisotopic (exact) mass is 288 g/mol. The summed E-state index contributed by atoms with van der Waals surface area (Å²) in [7, 11) is -2.47. The molecule has 4 unspecified atom stereocenters. The molecule has 4 atom stereocenters. The summed E-state index contributed by atoms with van der Waals surface area (Å²) in [5.74, 6) is 0.586. The van der Waals surface area contributed by atoms with Crippen molar-refractivity contribution in [3.05, 3.63) is 0 Å². The van der Waals surface area contributed by atoms with Crippen LogP contribution in [0.4, 0.5) is 0 Å². The first-order valence-corrected chi connectivity index (χ1v) is 9.68. The second-order valence-electron chi connectivity index (χ2n) is 5.51. The lowest BCUT2D eigenvalue weighted by Gasteiger charge is -2.34. The first-order chi connectivity index (χ1) is 9.14. The summed E-state index contributed by atoms with van der Waals surface area (Å²) in [6, 6.07) is 0.842. The molecule has 1 aliphatic carbocycles. The summed E-state index contributed by atoms with van der Waals surface area (Å²) in [6.07, 6.45) is 4.78. The minimum absolute atomic E-state index is 0.204. The molecule has 0 bridgehead atoms. The summed E-state index contributed by atoms with van der Waals surface area (Å²) >= 11 is 0. The standard InChI is InChI=1S/C14H28O4Si/c1-5-15-19(7-3,16-6-2)18-11(4)12-8-9-13-14(10-12)17-13/h11-14H,5-10H2,1-4H3. The minimum atomic E-state index is -2.47. The lowest BCUT2D eigenvalue weighted by atomic mass is 9.86. The van der Waals surface area contributed by atoms with E-state index in [0.29, 0.717) is 31.3 Å². The van der Waals surface area contributed by atoms with Gasteiger partial charge in [0.25, 0.3) is 0 Å². The highest BCUT2D eigenvalue weighted by atomic mass is 28.4. The third-order valence-electron chi connectivity index (χ3n) is 4.24. The van der Waals surface area contributed by atoms with Gasteiger partial charge >= 0.3 is 8.80 Å². The van der Waals surface area contributed by atoms with Gasteiger partial charge in [0.1, 0.15) is 0 Å². The molecule has 0 radical (unpaired) electrons. The van der Waals surface area contributed by atoms with Gasteiger partial charge in [0.15, 0.2) is 0 Å². The fourth-order valence-corrected chi connectivity index (χ4v) is 5.51. The molecule has 1 saturated heterocycles. The molecule has 0 aromatic heterocycles. The Kier molecular flexibility index (Phi) is 5.43. The molecule has 112 valence electrons. The average molecular weight is 288 g/mol. The molecule has 4 nitrogen and oxygen atoms in total. The lowest BCUT2D eigenvalue weighted by Crippen LogP contribution is -2.49. The molecule has 2 rings (SSSR count). The van der Waals surface area contributed by atoms with Crippen molar-refractivity contribution >= 4 is 8.80 Å². The van der Waals surface area contributed by atoms with E-state index in [0.717, 1.165) is 12.5 Å². The maximum Gasteiger partial charge on any atom is 0.500 e. The van der Waals surface area contributed by atoms with Gasteiger partial charge in [0, 0.05) is 25.4 Å². The van der Waals surface area contributed by atoms with Crippen molar-refractivity contribution in [3.63, 3.8) is 0 Å². The largest absolute Gasteiger partial charge is 0.500 e. The van der Waals surface area contributed by atoms with Crippen molar-refractivity contribution in [1.82, 2.24) is 0 Å². The molecule has 0 aromatic rings. The van der Waals surface area contributed by atoms with Gasteiger partial charge in [0.2, 0.25) is 0 Å². The van der Waals surface area contributed by atoms with Crippen LogP contribution < -0.4 is 0 Å². The zero-order valence-corrected chi connectivity index (χ0v) is 13.7. The summed E-state index contributed by atoms with van der Waals surface area (Å²) in [5, 5.41) is 0. The predicted molar refractivity (Wildman–Crippen MR) is 76.0 cm³/mol. The van der Waals surface area contributed by atoms with Gasteiger partial charge in [-0.3, -0.25) is 0 Å². The Hall–Kier alpha value is 0.0569. The third kappa shape index (κ3) is 3.79. The molecule has 0 amide bonds. The number of hydrogen-bond donors (Lipinski definition) is 0. The van der Waals surface area contributed by atoms with Gasteiger partial charge < -0.3 is 18.0 Å². The first kappa shape index (κ1) is 15.4. The molecule has 2 aliphatic rings. The lowest BCUT2D eigenvalue weighted by molar-refractivity contribution is 0.0116. The Balaban J connectivity index is 1.90. The summed E-state index contributed by atoms with van der Waals surface area (Å²) in [5.41, 5.74) is 0. The van der Waals surface area contributed by atoms with Crippen LogP contribution in [-0.2, 0) is 18.0 Å². The van der Waals surface area contributed by atoms with Crippen LogP contribution >= 0.6 is 0 Å². The van der Waals surface area contributed by atoms with Crippen LogP contribution in [0, 0.1) is 5.92 Å². The molecule has 19 heavy (non-hydrogen) atoms. The van der Waals surface area contributed by atoms with Crippen LogP contribution in [0.15, 0.2) is 0 Å². The van der Waals surface area contributed by atoms with Gasteiger partial charge in [-0.25, -0.2) is 0 Å². The smallest absolute Gasteiger partial charge is 0.374 e. The van der Waals surface area contributed by atoms with Gasteiger partial charge in [-0.2, -0.15) is 0 Å². The quantitative estimate of drug-likeness (QED) is 0.508. The van der Waals surface area contributed by atoms with Crippen LogP contribution in [0.5, 0.6) is 0 Å². The highest BCUT2D eigenvalue weighted by molar-refractivity contribution is 6.60. The molecule has 1 heterocycles. The van der Waals surface area contributed by atoms with E-state index in [-0.39, 0.29) is 6.10 Å². The highest BCUT2D eigenvalue weighted by Crippen LogP contribution is 2.41. The van der Waals surface area contributed by atoms with E-state index in [2.05, 4.69) is 13.8 Å². The van der Waals surface area contributed by atoms with E-state index in [4.69, 9.17) is 18.0 Å². The van der Waals surface area contributed by atoms with Gasteiger partial charge in [0.05, 0.1) is 12.2 Å².